The van der Waals surface area contributed by atoms with Gasteiger partial charge in [-0.05, 0) is 66.0 Å². The van der Waals surface area contributed by atoms with Crippen molar-refractivity contribution in [3.63, 3.8) is 0 Å². The third kappa shape index (κ3) is 13.9. The molecule has 0 atom stereocenters. The Hall–Kier alpha value is -2.28. The van der Waals surface area contributed by atoms with E-state index in [2.05, 4.69) is 40.0 Å². The van der Waals surface area contributed by atoms with Gasteiger partial charge in [0.2, 0.25) is 22.3 Å². The van der Waals surface area contributed by atoms with Crippen LogP contribution in [0.4, 0.5) is 44.7 Å². The third-order valence-corrected chi connectivity index (χ3v) is 10.5. The van der Waals surface area contributed by atoms with Crippen molar-refractivity contribution in [2.75, 3.05) is 28.7 Å². The van der Waals surface area contributed by atoms with Crippen LogP contribution in [0.2, 0.25) is 0 Å². The maximum atomic E-state index is 14.4. The largest absolute Gasteiger partial charge is 1.00 e. The van der Waals surface area contributed by atoms with Gasteiger partial charge in [0.1, 0.15) is 31.6 Å². The Bertz CT molecular complexity index is 2700. The second-order valence-corrected chi connectivity index (χ2v) is 16.1. The SMILES string of the molecule is C.Nc1ccc2ccc(S(=O)(=O)[O-])cc2c1N=Nc1cc(Nc2nc(F)nc(Nc3ccc(S(=O)(=O)CCOS(=O)(=O)[O-])cc3)n2)ccc1S(=O)(=O)[O-].[Na+].[Na+].[Na+]. The second kappa shape index (κ2) is 20.6. The van der Waals surface area contributed by atoms with Crippen molar-refractivity contribution < 1.29 is 145 Å². The second-order valence-electron chi connectivity index (χ2n) is 10.3. The van der Waals surface area contributed by atoms with E-state index in [1.54, 1.807) is 0 Å². The van der Waals surface area contributed by atoms with E-state index in [-0.39, 0.29) is 135 Å². The minimum absolute atomic E-state index is 0. The number of aromatic nitrogens is 3. The van der Waals surface area contributed by atoms with Crippen molar-refractivity contribution in [1.82, 2.24) is 15.0 Å². The molecule has 56 heavy (non-hydrogen) atoms. The van der Waals surface area contributed by atoms with Crippen LogP contribution in [0.25, 0.3) is 10.8 Å². The first kappa shape index (κ1) is 51.7. The first-order valence-electron chi connectivity index (χ1n) is 13.9. The Balaban J connectivity index is 0.00000392. The van der Waals surface area contributed by atoms with Crippen LogP contribution in [0, 0.1) is 6.08 Å². The fraction of sp³-hybridized carbons (Fsp3) is 0.107. The summed E-state index contributed by atoms with van der Waals surface area (Å²) < 4.78 is 146. The van der Waals surface area contributed by atoms with E-state index in [9.17, 15) is 51.7 Å². The molecule has 0 saturated heterocycles. The topological polar surface area (TPSA) is 328 Å². The number of nitrogens with two attached hydrogens (primary N) is 1. The Morgan fingerprint density at radius 3 is 1.82 bits per heavy atom. The summed E-state index contributed by atoms with van der Waals surface area (Å²) in [4.78, 5) is 9.32. The fourth-order valence-electron chi connectivity index (χ4n) is 4.38. The van der Waals surface area contributed by atoms with Crippen LogP contribution in [0.15, 0.2) is 97.7 Å². The number of nitrogen functional groups attached to an aromatic ring is 1. The molecular formula is C28H24FN8Na3O12S4. The van der Waals surface area contributed by atoms with Gasteiger partial charge in [-0.1, -0.05) is 19.6 Å². The number of halogens is 1. The smallest absolute Gasteiger partial charge is 0.744 e. The molecule has 0 amide bonds. The molecule has 4 aromatic carbocycles. The van der Waals surface area contributed by atoms with Gasteiger partial charge in [0.15, 0.2) is 9.84 Å². The van der Waals surface area contributed by atoms with Crippen LogP contribution in [-0.4, -0.2) is 74.6 Å². The van der Waals surface area contributed by atoms with Gasteiger partial charge in [-0.25, -0.2) is 33.7 Å². The molecule has 282 valence electrons. The molecule has 5 aromatic rings. The van der Waals surface area contributed by atoms with Crippen molar-refractivity contribution in [3.8, 4) is 0 Å². The van der Waals surface area contributed by atoms with Gasteiger partial charge < -0.3 is 30.0 Å². The zero-order valence-corrected chi connectivity index (χ0v) is 37.8. The van der Waals surface area contributed by atoms with Crippen LogP contribution in [0.1, 0.15) is 7.43 Å². The molecule has 0 spiro atoms. The number of hydrogen-bond acceptors (Lipinski definition) is 20. The van der Waals surface area contributed by atoms with Crippen LogP contribution in [0.5, 0.6) is 0 Å². The predicted molar refractivity (Wildman–Crippen MR) is 182 cm³/mol. The Labute approximate surface area is 386 Å². The van der Waals surface area contributed by atoms with Gasteiger partial charge in [-0.2, -0.15) is 19.3 Å². The Kier molecular flexibility index (Phi) is 19.0. The molecule has 0 fully saturated rings. The maximum absolute atomic E-state index is 14.4. The van der Waals surface area contributed by atoms with Crippen molar-refractivity contribution in [1.29, 1.82) is 0 Å². The van der Waals surface area contributed by atoms with E-state index < -0.39 is 80.3 Å². The minimum atomic E-state index is -5.15. The molecule has 28 heteroatoms. The van der Waals surface area contributed by atoms with E-state index in [1.807, 2.05) is 0 Å². The van der Waals surface area contributed by atoms with E-state index in [0.29, 0.717) is 5.39 Å². The summed E-state index contributed by atoms with van der Waals surface area (Å²) >= 11 is 0. The molecule has 20 nitrogen and oxygen atoms in total. The van der Waals surface area contributed by atoms with Gasteiger partial charge in [-0.15, -0.1) is 10.2 Å². The van der Waals surface area contributed by atoms with E-state index in [4.69, 9.17) is 5.73 Å². The zero-order chi connectivity index (χ0) is 38.1. The number of hydrogen-bond donors (Lipinski definition) is 3. The van der Waals surface area contributed by atoms with Gasteiger partial charge in [0.05, 0.1) is 32.7 Å². The van der Waals surface area contributed by atoms with Crippen LogP contribution in [0.3, 0.4) is 0 Å². The van der Waals surface area contributed by atoms with Crippen molar-refractivity contribution >= 4 is 91.6 Å². The Morgan fingerprint density at radius 2 is 1.25 bits per heavy atom. The number of sulfone groups is 1. The average Bonchev–Trinajstić information content (AvgIpc) is 3.02. The zero-order valence-electron chi connectivity index (χ0n) is 28.6. The molecule has 0 aliphatic heterocycles. The van der Waals surface area contributed by atoms with Gasteiger partial charge in [0, 0.05) is 16.8 Å². The van der Waals surface area contributed by atoms with Gasteiger partial charge in [-0.3, -0.25) is 4.18 Å². The van der Waals surface area contributed by atoms with E-state index in [0.717, 1.165) is 42.5 Å². The standard InChI is InChI=1S/C27H23FN8O12S4.CH4.3Na/c28-25-32-26(30-16-3-7-18(8-4-16)49(37,38)12-11-48-52(45,46)47)34-27(33-25)31-17-5-10-23(51(42,43)44)22(13-17)35-36-24-20-14-19(50(39,40)41)6-1-15(20)2-9-21(24)29;;;;/h1-10,13-14H,11-12,29H2,(H,39,40,41)(H,42,43,44)(H,45,46,47)(H2,30,31,32,33,34);1H4;;;/q;;3*+1/p-3. The van der Waals surface area contributed by atoms with Gasteiger partial charge in [0.25, 0.3) is 0 Å². The Morgan fingerprint density at radius 1 is 0.696 bits per heavy atom. The number of rotatable bonds is 13. The number of azo groups is 1. The average molecular weight is 881 g/mol. The molecule has 0 aliphatic carbocycles. The molecule has 0 saturated carbocycles. The predicted octanol–water partition coefficient (Wildman–Crippen LogP) is -5.64. The minimum Gasteiger partial charge on any atom is -0.744 e. The van der Waals surface area contributed by atoms with Gasteiger partial charge >= 0.3 is 94.8 Å². The summed E-state index contributed by atoms with van der Waals surface area (Å²) in [6, 6.07) is 14.0. The van der Waals surface area contributed by atoms with Crippen molar-refractivity contribution in [2.45, 2.75) is 22.1 Å². The van der Waals surface area contributed by atoms with Crippen molar-refractivity contribution in [2.24, 2.45) is 10.2 Å². The number of benzene rings is 4. The van der Waals surface area contributed by atoms with E-state index in [1.165, 1.54) is 30.3 Å². The fourth-order valence-corrected chi connectivity index (χ4v) is 6.95. The maximum Gasteiger partial charge on any atom is 1.00 e. The first-order valence-corrected chi connectivity index (χ1v) is 19.7. The molecule has 1 aromatic heterocycles. The molecule has 1 heterocycles. The number of nitrogens with zero attached hydrogens (tertiary/aromatic N) is 5. The summed E-state index contributed by atoms with van der Waals surface area (Å²) in [6.07, 6.45) is -1.29. The van der Waals surface area contributed by atoms with Crippen molar-refractivity contribution in [3.05, 3.63) is 78.9 Å². The van der Waals surface area contributed by atoms with E-state index >= 15 is 0 Å². The summed E-state index contributed by atoms with van der Waals surface area (Å²) in [5.41, 5.74) is 5.40. The molecule has 0 radical (unpaired) electrons. The summed E-state index contributed by atoms with van der Waals surface area (Å²) in [7, 11) is -19.2. The van der Waals surface area contributed by atoms with Crippen LogP contribution >= 0.6 is 0 Å². The summed E-state index contributed by atoms with van der Waals surface area (Å²) in [5.74, 6) is -1.63. The monoisotopic (exact) mass is 880 g/mol. The first-order chi connectivity index (χ1) is 24.2. The molecule has 4 N–H and O–H groups in total. The number of anilines is 5. The number of fused-ring (bicyclic) bond motifs is 1. The summed E-state index contributed by atoms with van der Waals surface area (Å²) in [5, 5.41) is 13.5. The van der Waals surface area contributed by atoms with Crippen LogP contribution in [-0.2, 0) is 44.7 Å². The molecular weight excluding hydrogens is 857 g/mol. The summed E-state index contributed by atoms with van der Waals surface area (Å²) in [6.45, 7) is -0.898. The number of nitrogens with one attached hydrogen (secondary N) is 2. The molecule has 5 rings (SSSR count). The molecule has 0 aliphatic rings. The normalized spacial score (nSPS) is 11.8. The van der Waals surface area contributed by atoms with Crippen LogP contribution < -0.4 is 105 Å². The molecule has 0 bridgehead atoms. The third-order valence-electron chi connectivity index (χ3n) is 6.68. The molecule has 0 unspecified atom stereocenters. The quantitative estimate of drug-likeness (QED) is 0.0326.